The van der Waals surface area contributed by atoms with Gasteiger partial charge in [0.1, 0.15) is 0 Å². The molecule has 0 bridgehead atoms. The summed E-state index contributed by atoms with van der Waals surface area (Å²) in [6, 6.07) is 8.42. The van der Waals surface area contributed by atoms with E-state index in [4.69, 9.17) is 0 Å². The first-order valence-electron chi connectivity index (χ1n) is 5.61. The molecule has 0 aliphatic carbocycles. The lowest BCUT2D eigenvalue weighted by atomic mass is 10.2. The standard InChI is InChI=1S/C12H13N5/c1-9-8-17(7-6-12-13-15-16-14-12)11-5-3-2-4-10(9)11/h2-5,8H,6-7H2,1H3,(H,13,14,15,16). The lowest BCUT2D eigenvalue weighted by Crippen LogP contribution is -2.01. The minimum atomic E-state index is 0.750. The van der Waals surface area contributed by atoms with E-state index in [1.807, 2.05) is 0 Å². The van der Waals surface area contributed by atoms with Gasteiger partial charge < -0.3 is 4.57 Å². The molecule has 0 radical (unpaired) electrons. The monoisotopic (exact) mass is 227 g/mol. The van der Waals surface area contributed by atoms with Gasteiger partial charge in [0.25, 0.3) is 0 Å². The van der Waals surface area contributed by atoms with Crippen LogP contribution in [0.25, 0.3) is 10.9 Å². The Labute approximate surface area is 98.5 Å². The molecule has 0 saturated carbocycles. The second kappa shape index (κ2) is 4.01. The molecular weight excluding hydrogens is 214 g/mol. The Morgan fingerprint density at radius 3 is 3.00 bits per heavy atom. The van der Waals surface area contributed by atoms with Crippen LogP contribution in [0.5, 0.6) is 0 Å². The quantitative estimate of drug-likeness (QED) is 0.741. The highest BCUT2D eigenvalue weighted by Gasteiger charge is 2.05. The molecule has 0 atom stereocenters. The normalized spacial score (nSPS) is 11.1. The van der Waals surface area contributed by atoms with Crippen molar-refractivity contribution < 1.29 is 0 Å². The Morgan fingerprint density at radius 1 is 1.29 bits per heavy atom. The Hall–Kier alpha value is -2.17. The van der Waals surface area contributed by atoms with Crippen LogP contribution in [0.4, 0.5) is 0 Å². The predicted octanol–water partition coefficient (Wildman–Crippen LogP) is 1.71. The summed E-state index contributed by atoms with van der Waals surface area (Å²) < 4.78 is 2.24. The molecule has 0 fully saturated rings. The molecule has 0 aliphatic rings. The first-order valence-corrected chi connectivity index (χ1v) is 5.61. The van der Waals surface area contributed by atoms with Crippen LogP contribution in [0, 0.1) is 6.92 Å². The fourth-order valence-electron chi connectivity index (χ4n) is 2.12. The van der Waals surface area contributed by atoms with Gasteiger partial charge >= 0.3 is 0 Å². The largest absolute Gasteiger partial charge is 0.347 e. The molecule has 2 heterocycles. The third-order valence-corrected chi connectivity index (χ3v) is 2.95. The van der Waals surface area contributed by atoms with Gasteiger partial charge in [-0.25, -0.2) is 0 Å². The van der Waals surface area contributed by atoms with E-state index in [9.17, 15) is 0 Å². The molecule has 1 N–H and O–H groups in total. The molecule has 3 rings (SSSR count). The van der Waals surface area contributed by atoms with Crippen molar-refractivity contribution in [3.63, 3.8) is 0 Å². The van der Waals surface area contributed by atoms with Crippen LogP contribution in [0.3, 0.4) is 0 Å². The van der Waals surface area contributed by atoms with Gasteiger partial charge in [0.05, 0.1) is 0 Å². The molecule has 17 heavy (non-hydrogen) atoms. The fraction of sp³-hybridized carbons (Fsp3) is 0.250. The lowest BCUT2D eigenvalue weighted by Gasteiger charge is -2.02. The van der Waals surface area contributed by atoms with Crippen molar-refractivity contribution in [2.75, 3.05) is 0 Å². The molecule has 86 valence electrons. The van der Waals surface area contributed by atoms with Crippen molar-refractivity contribution >= 4 is 10.9 Å². The Morgan fingerprint density at radius 2 is 2.18 bits per heavy atom. The zero-order valence-corrected chi connectivity index (χ0v) is 9.59. The Balaban J connectivity index is 1.90. The number of rotatable bonds is 3. The summed E-state index contributed by atoms with van der Waals surface area (Å²) in [6.45, 7) is 3.00. The number of fused-ring (bicyclic) bond motifs is 1. The molecule has 5 heteroatoms. The predicted molar refractivity (Wildman–Crippen MR) is 64.6 cm³/mol. The Kier molecular flexibility index (Phi) is 2.36. The van der Waals surface area contributed by atoms with Crippen LogP contribution in [0.1, 0.15) is 11.4 Å². The van der Waals surface area contributed by atoms with E-state index in [1.54, 1.807) is 0 Å². The number of nitrogens with zero attached hydrogens (tertiary/aromatic N) is 4. The summed E-state index contributed by atoms with van der Waals surface area (Å²) in [4.78, 5) is 0. The van der Waals surface area contributed by atoms with Crippen LogP contribution >= 0.6 is 0 Å². The third kappa shape index (κ3) is 1.80. The van der Waals surface area contributed by atoms with Crippen molar-refractivity contribution in [2.45, 2.75) is 19.9 Å². The molecule has 2 aromatic heterocycles. The number of hydrogen-bond donors (Lipinski definition) is 1. The fourth-order valence-corrected chi connectivity index (χ4v) is 2.12. The molecule has 3 aromatic rings. The average Bonchev–Trinajstić information content (AvgIpc) is 2.96. The van der Waals surface area contributed by atoms with Gasteiger partial charge in [-0.15, -0.1) is 10.2 Å². The summed E-state index contributed by atoms with van der Waals surface area (Å²) in [5.74, 6) is 0.750. The number of aromatic nitrogens is 5. The van der Waals surface area contributed by atoms with E-state index in [1.165, 1.54) is 16.5 Å². The SMILES string of the molecule is Cc1cn(CCc2nn[nH]n2)c2ccccc12. The maximum absolute atomic E-state index is 3.96. The number of aromatic amines is 1. The van der Waals surface area contributed by atoms with Gasteiger partial charge in [-0.3, -0.25) is 0 Å². The summed E-state index contributed by atoms with van der Waals surface area (Å²) in [5, 5.41) is 15.2. The number of hydrogen-bond acceptors (Lipinski definition) is 3. The second-order valence-electron chi connectivity index (χ2n) is 4.10. The summed E-state index contributed by atoms with van der Waals surface area (Å²) in [5.41, 5.74) is 2.56. The highest BCUT2D eigenvalue weighted by molar-refractivity contribution is 5.83. The zero-order chi connectivity index (χ0) is 11.7. The van der Waals surface area contributed by atoms with Gasteiger partial charge in [0, 0.05) is 30.1 Å². The second-order valence-corrected chi connectivity index (χ2v) is 4.10. The number of nitrogens with one attached hydrogen (secondary N) is 1. The molecule has 0 unspecified atom stereocenters. The minimum absolute atomic E-state index is 0.750. The van der Waals surface area contributed by atoms with Crippen molar-refractivity contribution in [2.24, 2.45) is 0 Å². The maximum atomic E-state index is 3.96. The first kappa shape index (κ1) is 10.0. The van der Waals surface area contributed by atoms with E-state index in [2.05, 4.69) is 62.6 Å². The van der Waals surface area contributed by atoms with Crippen molar-refractivity contribution in [3.05, 3.63) is 41.9 Å². The van der Waals surface area contributed by atoms with Crippen LogP contribution in [-0.4, -0.2) is 25.2 Å². The van der Waals surface area contributed by atoms with E-state index in [0.717, 1.165) is 18.8 Å². The third-order valence-electron chi connectivity index (χ3n) is 2.95. The van der Waals surface area contributed by atoms with Crippen LogP contribution in [0.15, 0.2) is 30.5 Å². The topological polar surface area (TPSA) is 59.4 Å². The highest BCUT2D eigenvalue weighted by Crippen LogP contribution is 2.20. The summed E-state index contributed by atoms with van der Waals surface area (Å²) >= 11 is 0. The molecule has 1 aromatic carbocycles. The smallest absolute Gasteiger partial charge is 0.176 e. The average molecular weight is 227 g/mol. The van der Waals surface area contributed by atoms with Gasteiger partial charge in [-0.1, -0.05) is 23.4 Å². The summed E-state index contributed by atoms with van der Waals surface area (Å²) in [7, 11) is 0. The maximum Gasteiger partial charge on any atom is 0.176 e. The number of para-hydroxylation sites is 1. The zero-order valence-electron chi connectivity index (χ0n) is 9.59. The minimum Gasteiger partial charge on any atom is -0.347 e. The lowest BCUT2D eigenvalue weighted by molar-refractivity contribution is 0.693. The molecule has 0 spiro atoms. The van der Waals surface area contributed by atoms with E-state index in [-0.39, 0.29) is 0 Å². The number of benzene rings is 1. The van der Waals surface area contributed by atoms with E-state index >= 15 is 0 Å². The van der Waals surface area contributed by atoms with Crippen LogP contribution < -0.4 is 0 Å². The van der Waals surface area contributed by atoms with Gasteiger partial charge in [-0.2, -0.15) is 5.21 Å². The van der Waals surface area contributed by atoms with Crippen LogP contribution in [-0.2, 0) is 13.0 Å². The van der Waals surface area contributed by atoms with E-state index in [0.29, 0.717) is 0 Å². The van der Waals surface area contributed by atoms with Crippen molar-refractivity contribution in [1.29, 1.82) is 0 Å². The van der Waals surface area contributed by atoms with Gasteiger partial charge in [0.2, 0.25) is 0 Å². The van der Waals surface area contributed by atoms with E-state index < -0.39 is 0 Å². The summed E-state index contributed by atoms with van der Waals surface area (Å²) in [6.07, 6.45) is 2.96. The van der Waals surface area contributed by atoms with Gasteiger partial charge in [-0.05, 0) is 18.6 Å². The molecule has 0 aliphatic heterocycles. The molecule has 5 nitrogen and oxygen atoms in total. The molecule has 0 saturated heterocycles. The van der Waals surface area contributed by atoms with Crippen molar-refractivity contribution in [3.8, 4) is 0 Å². The van der Waals surface area contributed by atoms with Crippen LogP contribution in [0.2, 0.25) is 0 Å². The Bertz CT molecular complexity index is 623. The number of tetrazole rings is 1. The molecule has 0 amide bonds. The number of H-pyrrole nitrogens is 1. The number of aryl methyl sites for hydroxylation is 3. The highest BCUT2D eigenvalue weighted by atomic mass is 15.5. The van der Waals surface area contributed by atoms with Crippen molar-refractivity contribution in [1.82, 2.24) is 25.2 Å². The molecular formula is C12H13N5. The first-order chi connectivity index (χ1) is 8.34. The van der Waals surface area contributed by atoms with Gasteiger partial charge in [0.15, 0.2) is 5.82 Å².